The van der Waals surface area contributed by atoms with E-state index < -0.39 is 48.3 Å². The van der Waals surface area contributed by atoms with Crippen molar-refractivity contribution in [3.63, 3.8) is 0 Å². The van der Waals surface area contributed by atoms with Gasteiger partial charge in [-0.1, -0.05) is 48.7 Å². The van der Waals surface area contributed by atoms with E-state index in [1.165, 1.54) is 24.8 Å². The number of nitrogens with two attached hydrogens (primary N) is 1. The molecule has 0 radical (unpaired) electrons. The van der Waals surface area contributed by atoms with Gasteiger partial charge in [-0.05, 0) is 113 Å². The van der Waals surface area contributed by atoms with E-state index in [1.807, 2.05) is 52.0 Å². The predicted octanol–water partition coefficient (Wildman–Crippen LogP) is 12.0. The van der Waals surface area contributed by atoms with E-state index in [2.05, 4.69) is 35.9 Å². The molecule has 0 saturated carbocycles. The Labute approximate surface area is 463 Å². The molecular weight excluding hydrogens is 1240 g/mol. The topological polar surface area (TPSA) is 269 Å². The van der Waals surface area contributed by atoms with E-state index in [0.717, 1.165) is 11.4 Å². The van der Waals surface area contributed by atoms with Gasteiger partial charge in [0.15, 0.2) is 19.7 Å². The first-order valence-corrected chi connectivity index (χ1v) is 27.2. The summed E-state index contributed by atoms with van der Waals surface area (Å²) in [7, 11) is -10.5. The normalized spacial score (nSPS) is 11.1. The number of nitrogens with zero attached hydrogens (tertiary/aromatic N) is 4. The number of nitrogen functional groups attached to an aromatic ring is 1. The maximum atomic E-state index is 12.3. The summed E-state index contributed by atoms with van der Waals surface area (Å²) in [6, 6.07) is 27.2. The van der Waals surface area contributed by atoms with E-state index in [0.29, 0.717) is 55.5 Å². The van der Waals surface area contributed by atoms with Crippen LogP contribution in [-0.2, 0) is 67.9 Å². The first-order chi connectivity index (χ1) is 35.4. The van der Waals surface area contributed by atoms with Crippen molar-refractivity contribution in [3.8, 4) is 11.5 Å². The second-order valence-corrected chi connectivity index (χ2v) is 21.5. The number of ether oxygens (including phenoxy) is 2. The third kappa shape index (κ3) is 26.9. The van der Waals surface area contributed by atoms with Crippen LogP contribution >= 0.6 is 34.8 Å². The molecule has 0 bridgehead atoms. The number of aromatic nitrogens is 4. The van der Waals surface area contributed by atoms with Gasteiger partial charge in [0.1, 0.15) is 46.8 Å². The van der Waals surface area contributed by atoms with Gasteiger partial charge in [0.25, 0.3) is 0 Å². The van der Waals surface area contributed by atoms with Crippen molar-refractivity contribution in [1.82, 2.24) is 19.9 Å². The molecule has 6 aromatic rings. The maximum absolute atomic E-state index is 12.3. The molecule has 2 heterocycles. The minimum atomic E-state index is -5.08. The van der Waals surface area contributed by atoms with Crippen LogP contribution in [0.25, 0.3) is 0 Å². The van der Waals surface area contributed by atoms with Crippen LogP contribution in [0.1, 0.15) is 41.5 Å². The van der Waals surface area contributed by atoms with Gasteiger partial charge in [0.2, 0.25) is 6.29 Å². The van der Waals surface area contributed by atoms with E-state index in [4.69, 9.17) is 66.5 Å². The molecule has 0 atom stereocenters. The monoisotopic (exact) mass is 1280 g/mol. The van der Waals surface area contributed by atoms with Gasteiger partial charge in [-0.3, -0.25) is 4.79 Å². The number of alkyl halides is 6. The Morgan fingerprint density at radius 2 is 0.987 bits per heavy atom. The zero-order valence-corrected chi connectivity index (χ0v) is 46.6. The SMILES string of the molecule is CCS(=O)(=O)c1ccc(OC(C)C)c(N)c1.CCS(=O)(=O)c1ccc(OC(C)C)c(Nc2cc(Nc3ccc(Cl)cc3)ncn2)c1.Clc1ccc(Nc2cc(Cl)ncn2)cc1.O=CC(F)(F)F.O=[S-](=O)C(F)(F)F.[O]=[Ag]. The van der Waals surface area contributed by atoms with Crippen molar-refractivity contribution in [2.24, 2.45) is 0 Å². The summed E-state index contributed by atoms with van der Waals surface area (Å²) in [5.74, 6) is 2.84. The predicted molar refractivity (Wildman–Crippen MR) is 274 cm³/mol. The van der Waals surface area contributed by atoms with Crippen LogP contribution in [0, 0.1) is 0 Å². The first kappa shape index (κ1) is 68.4. The van der Waals surface area contributed by atoms with Gasteiger partial charge in [-0.15, -0.1) is 0 Å². The molecule has 18 nitrogen and oxygen atoms in total. The number of rotatable bonds is 14. The Morgan fingerprint density at radius 1 is 0.618 bits per heavy atom. The molecule has 76 heavy (non-hydrogen) atoms. The summed E-state index contributed by atoms with van der Waals surface area (Å²) in [6.45, 7) is 10.8. The van der Waals surface area contributed by atoms with Crippen molar-refractivity contribution >= 4 is 112 Å². The molecule has 31 heteroatoms. The molecule has 6 rings (SSSR count). The molecule has 0 spiro atoms. The van der Waals surface area contributed by atoms with Gasteiger partial charge in [0.05, 0.1) is 44.9 Å². The number of hydrogen-bond donors (Lipinski definition) is 4. The molecule has 0 unspecified atom stereocenters. The van der Waals surface area contributed by atoms with Crippen molar-refractivity contribution < 1.29 is 90.2 Å². The Bertz CT molecular complexity index is 3070. The quantitative estimate of drug-likeness (QED) is 0.0197. The van der Waals surface area contributed by atoms with Gasteiger partial charge >= 0.3 is 36.0 Å². The van der Waals surface area contributed by atoms with Crippen molar-refractivity contribution in [1.29, 1.82) is 0 Å². The summed E-state index contributed by atoms with van der Waals surface area (Å²) < 4.78 is 148. The number of anilines is 7. The molecule has 4 aromatic carbocycles. The number of hydrogen-bond acceptors (Lipinski definition) is 19. The Kier molecular flexibility index (Phi) is 29.5. The van der Waals surface area contributed by atoms with Crippen LogP contribution in [0.5, 0.6) is 11.5 Å². The third-order valence-electron chi connectivity index (χ3n) is 8.26. The van der Waals surface area contributed by atoms with E-state index in [1.54, 1.807) is 95.6 Å². The molecule has 5 N–H and O–H groups in total. The van der Waals surface area contributed by atoms with Gasteiger partial charge in [-0.2, -0.15) is 26.3 Å². The van der Waals surface area contributed by atoms with Crippen LogP contribution in [0.2, 0.25) is 15.2 Å². The van der Waals surface area contributed by atoms with Crippen LogP contribution in [-0.4, -0.2) is 78.5 Å². The Hall–Kier alpha value is -5.65. The summed E-state index contributed by atoms with van der Waals surface area (Å²) in [4.78, 5) is 25.4. The summed E-state index contributed by atoms with van der Waals surface area (Å²) in [5.41, 5.74) is 3.23. The second-order valence-electron chi connectivity index (χ2n) is 14.7. The number of nitrogens with one attached hydrogen (secondary N) is 3. The number of aldehydes is 1. The van der Waals surface area contributed by atoms with Crippen LogP contribution in [0.3, 0.4) is 0 Å². The number of halogens is 9. The standard InChI is InChI=1S/C21H23ClN4O3S.C11H17NO3S.C10H7Cl2N3.C2HF3O.CF3O2S.Ag.O/c1-4-30(27,28)17-9-10-19(29-14(2)3)18(11-17)26-21-12-20(23-13-24-21)25-16-7-5-15(22)6-8-16;1-4-16(13,14)9-5-6-11(10(12)7-9)15-8(2)3;11-7-1-3-8(4-2-7)15-10-5-9(12)13-6-14-10;3-2(4,5)1-6;2-1(3,4)7(5)6;;/h5-14H,4H2,1-3H3,(H2,23,24,25,26);5-8H,4,12H2,1-3H3;1-6H,(H,13,14,15);1H;;;/q;;;;-1;;. The molecule has 0 fully saturated rings. The number of carbonyl (C=O) groups excluding carboxylic acids is 1. The fraction of sp³-hybridized carbons (Fsp3) is 0.267. The fourth-order valence-corrected chi connectivity index (χ4v) is 7.19. The third-order valence-corrected chi connectivity index (χ3v) is 12.8. The average Bonchev–Trinajstić information content (AvgIpc) is 3.35. The molecule has 0 amide bonds. The number of benzene rings is 4. The van der Waals surface area contributed by atoms with Crippen molar-refractivity contribution in [2.75, 3.05) is 33.2 Å². The minimum absolute atomic E-state index is 0.0101. The first-order valence-electron chi connectivity index (χ1n) is 21.1. The zero-order valence-electron chi connectivity index (χ0n) is 40.4. The summed E-state index contributed by atoms with van der Waals surface area (Å²) in [6.07, 6.45) is -2.95. The Morgan fingerprint density at radius 3 is 1.36 bits per heavy atom. The number of carbonyl (C=O) groups is 1. The molecule has 0 saturated heterocycles. The number of sulfone groups is 2. The molecule has 2 aromatic heterocycles. The molecule has 0 aliphatic carbocycles. The molecule has 421 valence electrons. The average molecular weight is 1290 g/mol. The fourth-order valence-electron chi connectivity index (χ4n) is 4.97. The van der Waals surface area contributed by atoms with Crippen LogP contribution in [0.15, 0.2) is 120 Å². The van der Waals surface area contributed by atoms with Gasteiger partial charge in [0, 0.05) is 44.3 Å². The summed E-state index contributed by atoms with van der Waals surface area (Å²) >= 11 is 19.1. The zero-order chi connectivity index (χ0) is 58.0. The van der Waals surface area contributed by atoms with E-state index >= 15 is 0 Å². The second kappa shape index (κ2) is 32.8. The molecule has 0 aliphatic heterocycles. The van der Waals surface area contributed by atoms with E-state index in [9.17, 15) is 43.2 Å². The molecule has 0 aliphatic rings. The van der Waals surface area contributed by atoms with Gasteiger partial charge in [-0.25, -0.2) is 36.8 Å². The Balaban J connectivity index is 0.000000531. The van der Waals surface area contributed by atoms with Crippen molar-refractivity contribution in [2.45, 2.75) is 75.2 Å². The summed E-state index contributed by atoms with van der Waals surface area (Å²) in [5, 5.41) is 11.1. The van der Waals surface area contributed by atoms with Crippen molar-refractivity contribution in [3.05, 3.63) is 125 Å². The van der Waals surface area contributed by atoms with E-state index in [-0.39, 0.29) is 33.5 Å². The molecular formula is C45H48AgCl3F6N8O10S3-. The van der Waals surface area contributed by atoms with Crippen LogP contribution in [0.4, 0.5) is 66.5 Å². The van der Waals surface area contributed by atoms with Gasteiger partial charge < -0.3 is 39.6 Å². The van der Waals surface area contributed by atoms with Crippen LogP contribution < -0.4 is 31.2 Å².